The molecule has 0 spiro atoms. The number of halogens is 1. The van der Waals surface area contributed by atoms with Crippen LogP contribution in [0.4, 0.5) is 5.69 Å². The van der Waals surface area contributed by atoms with Crippen LogP contribution in [-0.2, 0) is 4.79 Å². The smallest absolute Gasteiger partial charge is 0.211 e. The SMILES string of the molecule is C=C(NC=O)/C(C)=C\C=C(/CC)C1(C)CCSC(=NC)N1.Cc1ccc(Cl)c([NH3+])c1. The molecule has 0 saturated carbocycles. The van der Waals surface area contributed by atoms with Gasteiger partial charge in [0.05, 0.1) is 5.54 Å². The first-order chi connectivity index (χ1) is 14.2. The quantitative estimate of drug-likeness (QED) is 0.441. The Kier molecular flexibility index (Phi) is 10.9. The molecule has 164 valence electrons. The van der Waals surface area contributed by atoms with E-state index in [1.165, 1.54) is 11.1 Å². The van der Waals surface area contributed by atoms with E-state index in [9.17, 15) is 4.79 Å². The van der Waals surface area contributed by atoms with Gasteiger partial charge in [0.1, 0.15) is 10.7 Å². The maximum absolute atomic E-state index is 10.4. The van der Waals surface area contributed by atoms with Crippen LogP contribution in [0.3, 0.4) is 0 Å². The predicted octanol–water partition coefficient (Wildman–Crippen LogP) is 4.52. The Morgan fingerprint density at radius 2 is 2.17 bits per heavy atom. The summed E-state index contributed by atoms with van der Waals surface area (Å²) in [4.78, 5) is 14.7. The Hall–Kier alpha value is -2.02. The summed E-state index contributed by atoms with van der Waals surface area (Å²) in [6, 6.07) is 5.79. The maximum Gasteiger partial charge on any atom is 0.211 e. The number of thioether (sulfide) groups is 1. The monoisotopic (exact) mass is 449 g/mol. The number of carbonyl (C=O) groups excluding carboxylic acids is 1. The zero-order valence-electron chi connectivity index (χ0n) is 18.6. The largest absolute Gasteiger partial charge is 0.356 e. The lowest BCUT2D eigenvalue weighted by Crippen LogP contribution is -2.50. The highest BCUT2D eigenvalue weighted by Crippen LogP contribution is 2.30. The van der Waals surface area contributed by atoms with Gasteiger partial charge in [-0.05, 0) is 56.4 Å². The van der Waals surface area contributed by atoms with Gasteiger partial charge in [0.15, 0.2) is 5.17 Å². The van der Waals surface area contributed by atoms with Gasteiger partial charge in [-0.2, -0.15) is 0 Å². The van der Waals surface area contributed by atoms with Crippen molar-refractivity contribution in [2.75, 3.05) is 12.8 Å². The fourth-order valence-corrected chi connectivity index (χ4v) is 4.20. The molecule has 1 aliphatic rings. The lowest BCUT2D eigenvalue weighted by Gasteiger charge is -2.38. The fourth-order valence-electron chi connectivity index (χ4n) is 2.95. The molecule has 1 aromatic carbocycles. The number of benzene rings is 1. The first kappa shape index (κ1) is 26.0. The highest BCUT2D eigenvalue weighted by atomic mass is 35.5. The normalized spacial score (nSPS) is 20.7. The van der Waals surface area contributed by atoms with Gasteiger partial charge in [-0.15, -0.1) is 0 Å². The number of hydrogen-bond acceptors (Lipinski definition) is 3. The van der Waals surface area contributed by atoms with Gasteiger partial charge in [-0.3, -0.25) is 9.79 Å². The molecule has 0 bridgehead atoms. The van der Waals surface area contributed by atoms with E-state index >= 15 is 0 Å². The molecule has 5 N–H and O–H groups in total. The molecule has 1 aliphatic heterocycles. The Morgan fingerprint density at radius 3 is 2.70 bits per heavy atom. The summed E-state index contributed by atoms with van der Waals surface area (Å²) in [5.41, 5.74) is 8.68. The minimum absolute atomic E-state index is 0.0644. The van der Waals surface area contributed by atoms with Gasteiger partial charge in [0.2, 0.25) is 6.41 Å². The Labute approximate surface area is 189 Å². The number of hydrogen-bond donors (Lipinski definition) is 3. The number of nitrogens with zero attached hydrogens (tertiary/aromatic N) is 1. The highest BCUT2D eigenvalue weighted by Gasteiger charge is 2.31. The van der Waals surface area contributed by atoms with E-state index in [0.29, 0.717) is 12.1 Å². The van der Waals surface area contributed by atoms with E-state index < -0.39 is 0 Å². The Balaban J connectivity index is 0.000000414. The average Bonchev–Trinajstić information content (AvgIpc) is 2.71. The summed E-state index contributed by atoms with van der Waals surface area (Å²) in [5, 5.41) is 7.84. The van der Waals surface area contributed by atoms with Crippen molar-refractivity contribution < 1.29 is 10.5 Å². The third-order valence-corrected chi connectivity index (χ3v) is 6.30. The van der Waals surface area contributed by atoms with Gasteiger partial charge < -0.3 is 16.4 Å². The van der Waals surface area contributed by atoms with Crippen LogP contribution in [0.1, 0.15) is 39.2 Å². The maximum atomic E-state index is 10.4. The van der Waals surface area contributed by atoms with E-state index in [1.807, 2.05) is 45.2 Å². The molecule has 1 amide bonds. The van der Waals surface area contributed by atoms with Crippen molar-refractivity contribution in [2.24, 2.45) is 4.99 Å². The zero-order chi connectivity index (χ0) is 22.7. The van der Waals surface area contributed by atoms with Crippen molar-refractivity contribution in [1.29, 1.82) is 0 Å². The minimum Gasteiger partial charge on any atom is -0.356 e. The number of carbonyl (C=O) groups is 1. The summed E-state index contributed by atoms with van der Waals surface area (Å²) < 4.78 is 0. The van der Waals surface area contributed by atoms with Crippen LogP contribution < -0.4 is 16.4 Å². The number of amides is 1. The van der Waals surface area contributed by atoms with Crippen molar-refractivity contribution in [3.8, 4) is 0 Å². The van der Waals surface area contributed by atoms with E-state index in [2.05, 4.69) is 47.9 Å². The molecule has 1 atom stereocenters. The second kappa shape index (κ2) is 12.6. The number of aliphatic imine (C=N–C) groups is 1. The second-order valence-electron chi connectivity index (χ2n) is 7.32. The van der Waals surface area contributed by atoms with Crippen molar-refractivity contribution in [1.82, 2.24) is 10.6 Å². The van der Waals surface area contributed by atoms with Crippen molar-refractivity contribution in [3.63, 3.8) is 0 Å². The van der Waals surface area contributed by atoms with Crippen LogP contribution in [0.25, 0.3) is 0 Å². The minimum atomic E-state index is -0.0644. The highest BCUT2D eigenvalue weighted by molar-refractivity contribution is 8.13. The third-order valence-electron chi connectivity index (χ3n) is 4.96. The number of nitrogens with one attached hydrogen (secondary N) is 2. The van der Waals surface area contributed by atoms with E-state index in [-0.39, 0.29) is 5.54 Å². The molecule has 1 fully saturated rings. The van der Waals surface area contributed by atoms with Gasteiger partial charge >= 0.3 is 0 Å². The number of allylic oxidation sites excluding steroid dienone is 3. The Bertz CT molecular complexity index is 848. The lowest BCUT2D eigenvalue weighted by molar-refractivity contribution is -0.254. The summed E-state index contributed by atoms with van der Waals surface area (Å²) in [6.07, 6.45) is 6.81. The van der Waals surface area contributed by atoms with Crippen LogP contribution in [0.2, 0.25) is 5.02 Å². The molecule has 2 rings (SSSR count). The molecule has 0 aliphatic carbocycles. The van der Waals surface area contributed by atoms with Crippen LogP contribution in [-0.4, -0.2) is 29.9 Å². The molecule has 0 radical (unpaired) electrons. The van der Waals surface area contributed by atoms with Gasteiger partial charge in [-0.1, -0.05) is 55.1 Å². The van der Waals surface area contributed by atoms with Gasteiger partial charge in [0.25, 0.3) is 0 Å². The van der Waals surface area contributed by atoms with Crippen LogP contribution in [0.5, 0.6) is 0 Å². The fraction of sp³-hybridized carbons (Fsp3) is 0.391. The third kappa shape index (κ3) is 8.01. The summed E-state index contributed by atoms with van der Waals surface area (Å²) in [6.45, 7) is 12.2. The van der Waals surface area contributed by atoms with Crippen LogP contribution >= 0.6 is 23.4 Å². The van der Waals surface area contributed by atoms with Crippen molar-refractivity contribution in [3.05, 3.63) is 64.4 Å². The predicted molar refractivity (Wildman–Crippen MR) is 131 cm³/mol. The first-order valence-corrected chi connectivity index (χ1v) is 11.3. The lowest BCUT2D eigenvalue weighted by atomic mass is 9.86. The van der Waals surface area contributed by atoms with Crippen LogP contribution in [0.15, 0.2) is 58.8 Å². The van der Waals surface area contributed by atoms with E-state index in [0.717, 1.165) is 40.0 Å². The summed E-state index contributed by atoms with van der Waals surface area (Å²) >= 11 is 7.48. The average molecular weight is 450 g/mol. The number of quaternary nitrogens is 1. The topological polar surface area (TPSA) is 81.1 Å². The van der Waals surface area contributed by atoms with E-state index in [4.69, 9.17) is 11.6 Å². The van der Waals surface area contributed by atoms with Gasteiger partial charge in [-0.25, -0.2) is 0 Å². The summed E-state index contributed by atoms with van der Waals surface area (Å²) in [7, 11) is 1.82. The number of rotatable bonds is 6. The van der Waals surface area contributed by atoms with Crippen molar-refractivity contribution >= 4 is 40.6 Å². The molecule has 1 aromatic rings. The molecule has 30 heavy (non-hydrogen) atoms. The standard InChI is InChI=1S/C16H25N3OS.C7H8ClN/c1-6-14(8-7-12(2)13(3)18-11-20)16(4)9-10-21-15(17-5)19-16;1-5-2-3-6(8)7(9)4-5/h7-8,11H,3,6,9-10H2,1-2,4-5H3,(H,17,19)(H,18,20);2-4H,9H2,1H3/p+1/b12-7-,14-8+;. The first-order valence-electron chi connectivity index (χ1n) is 9.90. The van der Waals surface area contributed by atoms with Gasteiger partial charge in [0, 0.05) is 24.6 Å². The molecule has 5 nitrogen and oxygen atoms in total. The van der Waals surface area contributed by atoms with Crippen molar-refractivity contribution in [2.45, 2.75) is 46.1 Å². The molecular weight excluding hydrogens is 416 g/mol. The summed E-state index contributed by atoms with van der Waals surface area (Å²) in [5.74, 6) is 1.07. The second-order valence-corrected chi connectivity index (χ2v) is 8.81. The molecule has 0 aromatic heterocycles. The molecular formula is C23H34ClN4OS+. The molecule has 7 heteroatoms. The Morgan fingerprint density at radius 1 is 1.47 bits per heavy atom. The molecule has 1 unspecified atom stereocenters. The number of aryl methyl sites for hydroxylation is 1. The van der Waals surface area contributed by atoms with E-state index in [1.54, 1.807) is 11.8 Å². The zero-order valence-corrected chi connectivity index (χ0v) is 20.2. The molecule has 1 heterocycles. The number of amidine groups is 1. The van der Waals surface area contributed by atoms with Crippen LogP contribution in [0, 0.1) is 6.92 Å². The molecule has 1 saturated heterocycles.